The van der Waals surface area contributed by atoms with Gasteiger partial charge in [0.1, 0.15) is 11.4 Å². The molecule has 9 heteroatoms. The Hall–Kier alpha value is -3.36. The van der Waals surface area contributed by atoms with Gasteiger partial charge in [-0.05, 0) is 31.1 Å². The van der Waals surface area contributed by atoms with Crippen molar-refractivity contribution in [1.29, 1.82) is 0 Å². The number of alkyl halides is 2. The molecule has 0 bridgehead atoms. The van der Waals surface area contributed by atoms with Crippen molar-refractivity contribution in [3.8, 4) is 0 Å². The van der Waals surface area contributed by atoms with E-state index < -0.39 is 6.43 Å². The van der Waals surface area contributed by atoms with Crippen LogP contribution in [0.5, 0.6) is 0 Å². The number of allylic oxidation sites excluding steroid dienone is 1. The van der Waals surface area contributed by atoms with Crippen molar-refractivity contribution in [3.63, 3.8) is 0 Å². The molecule has 1 atom stereocenters. The van der Waals surface area contributed by atoms with Gasteiger partial charge in [-0.15, -0.1) is 0 Å². The second-order valence-corrected chi connectivity index (χ2v) is 6.48. The molecule has 152 valence electrons. The molecule has 7 nitrogen and oxygen atoms in total. The van der Waals surface area contributed by atoms with Crippen LogP contribution in [0.3, 0.4) is 0 Å². The fourth-order valence-corrected chi connectivity index (χ4v) is 2.73. The topological polar surface area (TPSA) is 82.6 Å². The average Bonchev–Trinajstić information content (AvgIpc) is 3.21. The van der Waals surface area contributed by atoms with Crippen LogP contribution in [-0.2, 0) is 0 Å². The highest BCUT2D eigenvalue weighted by Gasteiger charge is 2.18. The first-order valence-corrected chi connectivity index (χ1v) is 9.26. The minimum absolute atomic E-state index is 0.00199. The Kier molecular flexibility index (Phi) is 6.48. The fraction of sp³-hybridized carbons (Fsp3) is 0.300. The maximum atomic E-state index is 12.8. The number of aromatic nitrogens is 5. The predicted molar refractivity (Wildman–Crippen MR) is 109 cm³/mol. The van der Waals surface area contributed by atoms with Gasteiger partial charge in [-0.1, -0.05) is 19.1 Å². The molecule has 0 saturated carbocycles. The molecule has 0 aromatic carbocycles. The third-order valence-electron chi connectivity index (χ3n) is 4.46. The van der Waals surface area contributed by atoms with Gasteiger partial charge in [-0.3, -0.25) is 10.1 Å². The summed E-state index contributed by atoms with van der Waals surface area (Å²) in [6.07, 6.45) is 7.27. The number of hydrogen-bond acceptors (Lipinski definition) is 6. The number of anilines is 3. The highest BCUT2D eigenvalue weighted by atomic mass is 19.3. The van der Waals surface area contributed by atoms with Crippen LogP contribution >= 0.6 is 0 Å². The Morgan fingerprint density at radius 3 is 2.76 bits per heavy atom. The lowest BCUT2D eigenvalue weighted by atomic mass is 10.1. The van der Waals surface area contributed by atoms with E-state index in [4.69, 9.17) is 0 Å². The molecule has 3 aromatic rings. The summed E-state index contributed by atoms with van der Waals surface area (Å²) in [5.74, 6) is 1.31. The van der Waals surface area contributed by atoms with Crippen LogP contribution in [-0.4, -0.2) is 32.2 Å². The number of aromatic amines is 1. The van der Waals surface area contributed by atoms with Gasteiger partial charge >= 0.3 is 0 Å². The zero-order chi connectivity index (χ0) is 20.8. The molecule has 0 aliphatic rings. The second-order valence-electron chi connectivity index (χ2n) is 6.48. The van der Waals surface area contributed by atoms with Crippen molar-refractivity contribution in [2.45, 2.75) is 32.7 Å². The molecule has 2 N–H and O–H groups in total. The van der Waals surface area contributed by atoms with Gasteiger partial charge in [0.2, 0.25) is 0 Å². The number of H-pyrrole nitrogens is 1. The monoisotopic (exact) mass is 399 g/mol. The highest BCUT2D eigenvalue weighted by molar-refractivity contribution is 5.64. The summed E-state index contributed by atoms with van der Waals surface area (Å²) in [6.45, 7) is 4.09. The van der Waals surface area contributed by atoms with Crippen molar-refractivity contribution in [2.75, 3.05) is 17.3 Å². The zero-order valence-electron chi connectivity index (χ0n) is 16.5. The van der Waals surface area contributed by atoms with E-state index in [2.05, 4.69) is 37.4 Å². The maximum Gasteiger partial charge on any atom is 0.279 e. The summed E-state index contributed by atoms with van der Waals surface area (Å²) in [5.41, 5.74) is 1.49. The molecule has 0 aliphatic heterocycles. The molecule has 0 saturated heterocycles. The normalized spacial score (nSPS) is 12.5. The van der Waals surface area contributed by atoms with E-state index in [1.165, 1.54) is 6.07 Å². The van der Waals surface area contributed by atoms with Crippen molar-refractivity contribution in [1.82, 2.24) is 25.1 Å². The minimum atomic E-state index is -2.62. The van der Waals surface area contributed by atoms with Gasteiger partial charge in [0, 0.05) is 25.5 Å². The standard InChI is InChI=1S/C20H23F2N7/c1-4-5-8-15-20(29(3)13(2)14-7-6-9-23-11-14)26-18(12-24-15)25-17-10-16(19(21)22)27-28-17/h5-13,19H,4H2,1-3H3,(H2,25,26,27,28)/b8-5+. The van der Waals surface area contributed by atoms with Crippen molar-refractivity contribution in [2.24, 2.45) is 0 Å². The molecule has 3 aromatic heterocycles. The van der Waals surface area contributed by atoms with E-state index in [9.17, 15) is 8.78 Å². The Bertz CT molecular complexity index is 956. The van der Waals surface area contributed by atoms with E-state index in [0.717, 1.165) is 12.0 Å². The molecule has 0 fully saturated rings. The van der Waals surface area contributed by atoms with Crippen LogP contribution < -0.4 is 10.2 Å². The lowest BCUT2D eigenvalue weighted by molar-refractivity contribution is 0.146. The lowest BCUT2D eigenvalue weighted by Crippen LogP contribution is -2.24. The smallest absolute Gasteiger partial charge is 0.279 e. The van der Waals surface area contributed by atoms with Gasteiger partial charge in [0.15, 0.2) is 17.5 Å². The third kappa shape index (κ3) is 4.92. The Morgan fingerprint density at radius 2 is 2.10 bits per heavy atom. The highest BCUT2D eigenvalue weighted by Crippen LogP contribution is 2.28. The van der Waals surface area contributed by atoms with Crippen LogP contribution in [0.15, 0.2) is 42.9 Å². The summed E-state index contributed by atoms with van der Waals surface area (Å²) < 4.78 is 25.5. The molecule has 0 aliphatic carbocycles. The van der Waals surface area contributed by atoms with E-state index in [1.807, 2.05) is 49.4 Å². The van der Waals surface area contributed by atoms with E-state index in [1.54, 1.807) is 12.4 Å². The SMILES string of the molecule is CC/C=C/c1ncc(Nc2cc(C(F)F)[nH]n2)nc1N(C)C(C)c1cccnc1. The third-order valence-corrected chi connectivity index (χ3v) is 4.46. The Labute approximate surface area is 167 Å². The van der Waals surface area contributed by atoms with Gasteiger partial charge < -0.3 is 10.2 Å². The van der Waals surface area contributed by atoms with Crippen molar-refractivity contribution >= 4 is 23.5 Å². The van der Waals surface area contributed by atoms with E-state index in [-0.39, 0.29) is 17.6 Å². The Morgan fingerprint density at radius 1 is 1.28 bits per heavy atom. The number of nitrogens with one attached hydrogen (secondary N) is 2. The molecule has 3 heterocycles. The van der Waals surface area contributed by atoms with E-state index >= 15 is 0 Å². The molecular weight excluding hydrogens is 376 g/mol. The first-order chi connectivity index (χ1) is 14.0. The van der Waals surface area contributed by atoms with Gasteiger partial charge in [-0.2, -0.15) is 5.10 Å². The van der Waals surface area contributed by atoms with Crippen LogP contribution in [0.1, 0.15) is 49.7 Å². The molecule has 29 heavy (non-hydrogen) atoms. The van der Waals surface area contributed by atoms with Crippen LogP contribution in [0.2, 0.25) is 0 Å². The molecular formula is C20H23F2N7. The number of nitrogens with zero attached hydrogens (tertiary/aromatic N) is 5. The largest absolute Gasteiger partial charge is 0.351 e. The lowest BCUT2D eigenvalue weighted by Gasteiger charge is -2.27. The van der Waals surface area contributed by atoms with Crippen LogP contribution in [0.4, 0.5) is 26.2 Å². The summed E-state index contributed by atoms with van der Waals surface area (Å²) in [7, 11) is 1.93. The summed E-state index contributed by atoms with van der Waals surface area (Å²) in [5, 5.41) is 9.07. The van der Waals surface area contributed by atoms with Crippen LogP contribution in [0.25, 0.3) is 6.08 Å². The number of rotatable bonds is 8. The number of hydrogen-bond donors (Lipinski definition) is 2. The fourth-order valence-electron chi connectivity index (χ4n) is 2.73. The minimum Gasteiger partial charge on any atom is -0.351 e. The molecule has 0 spiro atoms. The Balaban J connectivity index is 1.91. The number of pyridine rings is 1. The first kappa shape index (κ1) is 20.4. The summed E-state index contributed by atoms with van der Waals surface area (Å²) in [4.78, 5) is 15.3. The van der Waals surface area contributed by atoms with Crippen molar-refractivity contribution in [3.05, 3.63) is 59.8 Å². The van der Waals surface area contributed by atoms with Gasteiger partial charge in [-0.25, -0.2) is 18.7 Å². The zero-order valence-corrected chi connectivity index (χ0v) is 16.5. The molecule has 0 amide bonds. The van der Waals surface area contributed by atoms with Crippen LogP contribution in [0, 0.1) is 0 Å². The molecule has 1 unspecified atom stereocenters. The second kappa shape index (κ2) is 9.22. The summed E-state index contributed by atoms with van der Waals surface area (Å²) in [6, 6.07) is 5.14. The number of halogens is 2. The molecule has 0 radical (unpaired) electrons. The first-order valence-electron chi connectivity index (χ1n) is 9.26. The predicted octanol–water partition coefficient (Wildman–Crippen LogP) is 4.90. The quantitative estimate of drug-likeness (QED) is 0.561. The molecule has 3 rings (SSSR count). The van der Waals surface area contributed by atoms with Crippen molar-refractivity contribution < 1.29 is 8.78 Å². The average molecular weight is 399 g/mol. The summed E-state index contributed by atoms with van der Waals surface area (Å²) >= 11 is 0. The van der Waals surface area contributed by atoms with E-state index in [0.29, 0.717) is 17.3 Å². The van der Waals surface area contributed by atoms with Gasteiger partial charge in [0.05, 0.1) is 12.2 Å². The maximum absolute atomic E-state index is 12.8. The van der Waals surface area contributed by atoms with Gasteiger partial charge in [0.25, 0.3) is 6.43 Å².